The van der Waals surface area contributed by atoms with Crippen LogP contribution in [0.25, 0.3) is 0 Å². The zero-order valence-corrected chi connectivity index (χ0v) is 17.2. The van der Waals surface area contributed by atoms with Crippen LogP contribution in [0, 0.1) is 13.8 Å². The number of hydrogen-bond acceptors (Lipinski definition) is 3. The van der Waals surface area contributed by atoms with E-state index in [1.165, 1.54) is 56.1 Å². The Balaban J connectivity index is 0.000000562. The van der Waals surface area contributed by atoms with E-state index >= 15 is 0 Å². The lowest BCUT2D eigenvalue weighted by atomic mass is 10.0. The Labute approximate surface area is 165 Å². The Morgan fingerprint density at radius 3 is 1.81 bits per heavy atom. The average Bonchev–Trinajstić information content (AvgIpc) is 2.68. The third kappa shape index (κ3) is 12.7. The van der Waals surface area contributed by atoms with Crippen LogP contribution in [-0.4, -0.2) is 17.0 Å². The van der Waals surface area contributed by atoms with Crippen LogP contribution in [0.4, 0.5) is 0 Å². The Kier molecular flexibility index (Phi) is 14.6. The van der Waals surface area contributed by atoms with E-state index in [2.05, 4.69) is 19.9 Å². The summed E-state index contributed by atoms with van der Waals surface area (Å²) in [6, 6.07) is 13.0. The maximum Gasteiger partial charge on any atom is 0.118 e. The second kappa shape index (κ2) is 15.9. The highest BCUT2D eigenvalue weighted by Crippen LogP contribution is 2.21. The van der Waals surface area contributed by atoms with Crippen molar-refractivity contribution in [3.63, 3.8) is 0 Å². The third-order valence-corrected chi connectivity index (χ3v) is 4.32. The fraction of sp³-hybridized carbons (Fsp3) is 0.458. The molecule has 0 aliphatic rings. The molecule has 0 radical (unpaired) electrons. The summed E-state index contributed by atoms with van der Waals surface area (Å²) in [5.74, 6) is 0.789. The predicted molar refractivity (Wildman–Crippen MR) is 115 cm³/mol. The number of rotatable bonds is 8. The topological polar surface area (TPSA) is 57.5 Å². The fourth-order valence-electron chi connectivity index (χ4n) is 2.73. The van der Waals surface area contributed by atoms with Crippen molar-refractivity contribution in [2.75, 3.05) is 0 Å². The van der Waals surface area contributed by atoms with Crippen LogP contribution in [0.2, 0.25) is 0 Å². The lowest BCUT2D eigenvalue weighted by molar-refractivity contribution is -0.0979. The molecule has 0 saturated carbocycles. The van der Waals surface area contributed by atoms with Gasteiger partial charge in [-0.3, -0.25) is 0 Å². The molecule has 3 heteroatoms. The average molecular weight is 373 g/mol. The van der Waals surface area contributed by atoms with Gasteiger partial charge in [0, 0.05) is 0 Å². The van der Waals surface area contributed by atoms with Crippen LogP contribution in [0.15, 0.2) is 42.5 Å². The molecule has 0 amide bonds. The number of unbranched alkanes of at least 4 members (excludes halogenated alkanes) is 6. The summed E-state index contributed by atoms with van der Waals surface area (Å²) in [6.45, 7) is 8.31. The first-order valence-corrected chi connectivity index (χ1v) is 9.86. The summed E-state index contributed by atoms with van der Waals surface area (Å²) >= 11 is 0. The van der Waals surface area contributed by atoms with E-state index < -0.39 is 0 Å². The Morgan fingerprint density at radius 1 is 0.741 bits per heavy atom. The van der Waals surface area contributed by atoms with Gasteiger partial charge in [-0.2, -0.15) is 0 Å². The highest BCUT2D eigenvalue weighted by Gasteiger charge is 2.01. The minimum Gasteiger partial charge on any atom is -0.508 e. The molecule has 150 valence electrons. The summed E-state index contributed by atoms with van der Waals surface area (Å²) in [5.41, 5.74) is 3.52. The van der Waals surface area contributed by atoms with Crippen molar-refractivity contribution in [2.45, 2.75) is 72.1 Å². The number of carbonyl (C=O) groups is 1. The Morgan fingerprint density at radius 2 is 1.26 bits per heavy atom. The van der Waals surface area contributed by atoms with Gasteiger partial charge in [-0.1, -0.05) is 80.8 Å². The van der Waals surface area contributed by atoms with Gasteiger partial charge in [0.2, 0.25) is 0 Å². The second-order valence-electron chi connectivity index (χ2n) is 6.84. The molecule has 0 fully saturated rings. The number of aryl methyl sites for hydroxylation is 3. The number of phenolic OH excluding ortho intramolecular Hbond substituents is 2. The largest absolute Gasteiger partial charge is 0.508 e. The quantitative estimate of drug-likeness (QED) is 0.519. The van der Waals surface area contributed by atoms with E-state index in [-0.39, 0.29) is 0 Å². The van der Waals surface area contributed by atoms with Crippen molar-refractivity contribution in [3.05, 3.63) is 59.2 Å². The molecule has 0 unspecified atom stereocenters. The van der Waals surface area contributed by atoms with Gasteiger partial charge < -0.3 is 15.0 Å². The third-order valence-electron chi connectivity index (χ3n) is 4.32. The first kappa shape index (κ1) is 24.7. The Bertz CT molecular complexity index is 585. The molecule has 3 nitrogen and oxygen atoms in total. The number of carbonyl (C=O) groups excluding carboxylic acids is 1. The summed E-state index contributed by atoms with van der Waals surface area (Å²) < 4.78 is 0. The normalized spacial score (nSPS) is 9.59. The minimum absolute atomic E-state index is 0.329. The van der Waals surface area contributed by atoms with Crippen molar-refractivity contribution in [1.82, 2.24) is 0 Å². The van der Waals surface area contributed by atoms with E-state index in [1.54, 1.807) is 12.1 Å². The van der Waals surface area contributed by atoms with Gasteiger partial charge in [-0.05, 0) is 50.5 Å². The standard InChI is InChI=1S/C16H26O.C7H8O.CH2O/c1-3-4-5-6-7-8-9-10-15-13-14(2)11-12-16(15)17;1-6-2-4-7(8)5-3-6;1-2/h11-13,17H,3-10H2,1-2H3;2-5,8H,1H3;1H2. The molecule has 2 N–H and O–H groups in total. The van der Waals surface area contributed by atoms with Gasteiger partial charge in [-0.25, -0.2) is 0 Å². The molecule has 0 saturated heterocycles. The highest BCUT2D eigenvalue weighted by atomic mass is 16.3. The lowest BCUT2D eigenvalue weighted by Crippen LogP contribution is -1.88. The molecule has 27 heavy (non-hydrogen) atoms. The summed E-state index contributed by atoms with van der Waals surface area (Å²) in [7, 11) is 0. The van der Waals surface area contributed by atoms with Gasteiger partial charge in [0.15, 0.2) is 0 Å². The SMILES string of the molecule is C=O.CCCCCCCCCc1cc(C)ccc1O.Cc1ccc(O)cc1. The van der Waals surface area contributed by atoms with Crippen LogP contribution in [-0.2, 0) is 11.2 Å². The van der Waals surface area contributed by atoms with E-state index in [0.717, 1.165) is 12.0 Å². The van der Waals surface area contributed by atoms with Gasteiger partial charge in [0.1, 0.15) is 18.3 Å². The summed E-state index contributed by atoms with van der Waals surface area (Å²) in [5, 5.41) is 18.5. The molecule has 0 aliphatic heterocycles. The molecular weight excluding hydrogens is 336 g/mol. The second-order valence-corrected chi connectivity index (χ2v) is 6.84. The van der Waals surface area contributed by atoms with Crippen LogP contribution >= 0.6 is 0 Å². The zero-order valence-electron chi connectivity index (χ0n) is 17.2. The van der Waals surface area contributed by atoms with Crippen LogP contribution in [0.1, 0.15) is 68.6 Å². The Hall–Kier alpha value is -2.29. The van der Waals surface area contributed by atoms with Crippen molar-refractivity contribution in [3.8, 4) is 11.5 Å². The van der Waals surface area contributed by atoms with E-state index in [9.17, 15) is 5.11 Å². The van der Waals surface area contributed by atoms with Crippen molar-refractivity contribution in [2.24, 2.45) is 0 Å². The summed E-state index contributed by atoms with van der Waals surface area (Å²) in [4.78, 5) is 8.00. The van der Waals surface area contributed by atoms with Gasteiger partial charge in [0.25, 0.3) is 0 Å². The van der Waals surface area contributed by atoms with E-state index in [1.807, 2.05) is 38.0 Å². The first-order valence-electron chi connectivity index (χ1n) is 9.86. The molecule has 2 rings (SSSR count). The maximum absolute atomic E-state index is 9.71. The molecular formula is C24H36O3. The highest BCUT2D eigenvalue weighted by molar-refractivity contribution is 5.35. The van der Waals surface area contributed by atoms with Crippen molar-refractivity contribution < 1.29 is 15.0 Å². The monoisotopic (exact) mass is 372 g/mol. The number of phenols is 2. The molecule has 0 spiro atoms. The van der Waals surface area contributed by atoms with Crippen LogP contribution in [0.3, 0.4) is 0 Å². The van der Waals surface area contributed by atoms with E-state index in [4.69, 9.17) is 9.90 Å². The summed E-state index contributed by atoms with van der Waals surface area (Å²) in [6.07, 6.45) is 10.3. The number of aromatic hydroxyl groups is 2. The smallest absolute Gasteiger partial charge is 0.118 e. The van der Waals surface area contributed by atoms with Gasteiger partial charge in [-0.15, -0.1) is 0 Å². The molecule has 2 aromatic carbocycles. The molecule has 0 bridgehead atoms. The van der Waals surface area contributed by atoms with Gasteiger partial charge >= 0.3 is 0 Å². The zero-order chi connectivity index (χ0) is 20.5. The van der Waals surface area contributed by atoms with Crippen LogP contribution < -0.4 is 0 Å². The molecule has 0 aliphatic carbocycles. The van der Waals surface area contributed by atoms with E-state index in [0.29, 0.717) is 11.5 Å². The van der Waals surface area contributed by atoms with Gasteiger partial charge in [0.05, 0.1) is 0 Å². The number of benzene rings is 2. The fourth-order valence-corrected chi connectivity index (χ4v) is 2.73. The lowest BCUT2D eigenvalue weighted by Gasteiger charge is -2.06. The van der Waals surface area contributed by atoms with Crippen LogP contribution in [0.5, 0.6) is 11.5 Å². The first-order chi connectivity index (χ1) is 13.0. The maximum atomic E-state index is 9.71. The predicted octanol–water partition coefficient (Wildman–Crippen LogP) is 6.51. The molecule has 0 heterocycles. The van der Waals surface area contributed by atoms with Crippen molar-refractivity contribution in [1.29, 1.82) is 0 Å². The van der Waals surface area contributed by atoms with Crippen molar-refractivity contribution >= 4 is 6.79 Å². The number of hydrogen-bond donors (Lipinski definition) is 2. The molecule has 2 aromatic rings. The minimum atomic E-state index is 0.329. The molecule has 0 atom stereocenters. The molecule has 0 aromatic heterocycles.